The molecule has 0 aromatic carbocycles. The molecule has 1 heterocycles. The fourth-order valence-electron chi connectivity index (χ4n) is 1.94. The largest absolute Gasteiger partial charge is 0.461 e. The van der Waals surface area contributed by atoms with E-state index in [0.29, 0.717) is 12.0 Å². The maximum atomic E-state index is 5.68. The molecule has 0 bridgehead atoms. The fraction of sp³-hybridized carbons (Fsp3) is 0.750. The standard InChI is InChI=1S/C12H21N5O/c1-8(2)18-12-15-10(13)14-11(16-12)17(3)7-9-5-4-6-9/h8-9H,4-7H2,1-3H3,(H2,13,14,15,16). The molecule has 18 heavy (non-hydrogen) atoms. The van der Waals surface area contributed by atoms with Crippen molar-refractivity contribution in [1.29, 1.82) is 0 Å². The molecule has 1 aliphatic carbocycles. The van der Waals surface area contributed by atoms with Gasteiger partial charge in [0.1, 0.15) is 0 Å². The third-order valence-corrected chi connectivity index (χ3v) is 3.06. The summed E-state index contributed by atoms with van der Waals surface area (Å²) in [6, 6.07) is 0.299. The van der Waals surface area contributed by atoms with Gasteiger partial charge in [0.15, 0.2) is 0 Å². The first kappa shape index (κ1) is 12.9. The van der Waals surface area contributed by atoms with Crippen molar-refractivity contribution in [2.75, 3.05) is 24.2 Å². The van der Waals surface area contributed by atoms with Gasteiger partial charge in [-0.2, -0.15) is 15.0 Å². The number of anilines is 2. The van der Waals surface area contributed by atoms with Crippen molar-refractivity contribution in [1.82, 2.24) is 15.0 Å². The first-order valence-electron chi connectivity index (χ1n) is 6.44. The minimum Gasteiger partial charge on any atom is -0.461 e. The van der Waals surface area contributed by atoms with Crippen LogP contribution in [0.1, 0.15) is 33.1 Å². The van der Waals surface area contributed by atoms with E-state index in [0.717, 1.165) is 12.5 Å². The maximum absolute atomic E-state index is 5.68. The minimum atomic E-state index is 0.0246. The van der Waals surface area contributed by atoms with Gasteiger partial charge in [-0.15, -0.1) is 0 Å². The molecule has 1 aromatic heterocycles. The molecule has 1 saturated carbocycles. The lowest BCUT2D eigenvalue weighted by atomic mass is 9.85. The maximum Gasteiger partial charge on any atom is 0.323 e. The van der Waals surface area contributed by atoms with Crippen molar-refractivity contribution in [3.63, 3.8) is 0 Å². The van der Waals surface area contributed by atoms with Crippen molar-refractivity contribution < 1.29 is 4.74 Å². The van der Waals surface area contributed by atoms with Crippen LogP contribution in [0, 0.1) is 5.92 Å². The van der Waals surface area contributed by atoms with E-state index in [-0.39, 0.29) is 12.1 Å². The Kier molecular flexibility index (Phi) is 3.84. The van der Waals surface area contributed by atoms with Gasteiger partial charge in [0.05, 0.1) is 6.10 Å². The highest BCUT2D eigenvalue weighted by Gasteiger charge is 2.21. The highest BCUT2D eigenvalue weighted by molar-refractivity contribution is 5.35. The summed E-state index contributed by atoms with van der Waals surface area (Å²) in [6.45, 7) is 4.82. The predicted molar refractivity (Wildman–Crippen MR) is 70.6 cm³/mol. The molecule has 0 atom stereocenters. The van der Waals surface area contributed by atoms with Gasteiger partial charge < -0.3 is 15.4 Å². The number of nitrogen functional groups attached to an aromatic ring is 1. The van der Waals surface area contributed by atoms with E-state index >= 15 is 0 Å². The number of nitrogens with two attached hydrogens (primary N) is 1. The normalized spacial score (nSPS) is 15.6. The van der Waals surface area contributed by atoms with Crippen LogP contribution in [-0.4, -0.2) is 34.6 Å². The second-order valence-electron chi connectivity index (χ2n) is 5.12. The molecule has 100 valence electrons. The fourth-order valence-corrected chi connectivity index (χ4v) is 1.94. The van der Waals surface area contributed by atoms with E-state index in [1.165, 1.54) is 19.3 Å². The Morgan fingerprint density at radius 3 is 2.61 bits per heavy atom. The predicted octanol–water partition coefficient (Wildman–Crippen LogP) is 1.48. The Bertz CT molecular complexity index is 405. The number of nitrogens with zero attached hydrogens (tertiary/aromatic N) is 4. The van der Waals surface area contributed by atoms with E-state index in [1.54, 1.807) is 0 Å². The summed E-state index contributed by atoms with van der Waals surface area (Å²) in [7, 11) is 1.98. The number of rotatable bonds is 5. The molecule has 1 aromatic rings. The monoisotopic (exact) mass is 251 g/mol. The number of hydrogen-bond acceptors (Lipinski definition) is 6. The Morgan fingerprint density at radius 2 is 2.06 bits per heavy atom. The van der Waals surface area contributed by atoms with Crippen LogP contribution < -0.4 is 15.4 Å². The molecule has 0 radical (unpaired) electrons. The number of hydrogen-bond donors (Lipinski definition) is 1. The molecule has 0 amide bonds. The first-order chi connectivity index (χ1) is 8.54. The van der Waals surface area contributed by atoms with Gasteiger partial charge in [-0.1, -0.05) is 6.42 Å². The lowest BCUT2D eigenvalue weighted by Gasteiger charge is -2.30. The van der Waals surface area contributed by atoms with Crippen molar-refractivity contribution >= 4 is 11.9 Å². The summed E-state index contributed by atoms with van der Waals surface area (Å²) in [5.41, 5.74) is 5.68. The van der Waals surface area contributed by atoms with Gasteiger partial charge >= 0.3 is 6.01 Å². The van der Waals surface area contributed by atoms with Crippen molar-refractivity contribution in [2.24, 2.45) is 5.92 Å². The van der Waals surface area contributed by atoms with Gasteiger partial charge in [0.25, 0.3) is 0 Å². The molecular weight excluding hydrogens is 230 g/mol. The van der Waals surface area contributed by atoms with Crippen molar-refractivity contribution in [3.05, 3.63) is 0 Å². The van der Waals surface area contributed by atoms with Crippen molar-refractivity contribution in [3.8, 4) is 6.01 Å². The Hall–Kier alpha value is -1.59. The third kappa shape index (κ3) is 3.21. The molecule has 0 aliphatic heterocycles. The van der Waals surface area contributed by atoms with E-state index in [9.17, 15) is 0 Å². The van der Waals surface area contributed by atoms with Gasteiger partial charge in [0, 0.05) is 13.6 Å². The zero-order valence-corrected chi connectivity index (χ0v) is 11.3. The van der Waals surface area contributed by atoms with Crippen LogP contribution in [0.3, 0.4) is 0 Å². The topological polar surface area (TPSA) is 77.2 Å². The van der Waals surface area contributed by atoms with Crippen LogP contribution in [-0.2, 0) is 0 Å². The molecule has 0 saturated heterocycles. The molecule has 6 heteroatoms. The van der Waals surface area contributed by atoms with Gasteiger partial charge in [-0.05, 0) is 32.6 Å². The van der Waals surface area contributed by atoms with E-state index in [4.69, 9.17) is 10.5 Å². The van der Waals surface area contributed by atoms with E-state index < -0.39 is 0 Å². The second kappa shape index (κ2) is 5.37. The average molecular weight is 251 g/mol. The molecule has 2 N–H and O–H groups in total. The van der Waals surface area contributed by atoms with E-state index in [2.05, 4.69) is 15.0 Å². The summed E-state index contributed by atoms with van der Waals surface area (Å²) < 4.78 is 5.46. The van der Waals surface area contributed by atoms with Crippen LogP contribution in [0.4, 0.5) is 11.9 Å². The summed E-state index contributed by atoms with van der Waals surface area (Å²) >= 11 is 0. The smallest absolute Gasteiger partial charge is 0.323 e. The first-order valence-corrected chi connectivity index (χ1v) is 6.44. The van der Waals surface area contributed by atoms with Crippen LogP contribution in [0.5, 0.6) is 6.01 Å². The summed E-state index contributed by atoms with van der Waals surface area (Å²) in [5, 5.41) is 0. The Balaban J connectivity index is 2.07. The zero-order chi connectivity index (χ0) is 13.1. The summed E-state index contributed by atoms with van der Waals surface area (Å²) in [4.78, 5) is 14.4. The van der Waals surface area contributed by atoms with Gasteiger partial charge in [0.2, 0.25) is 11.9 Å². The molecule has 1 fully saturated rings. The highest BCUT2D eigenvalue weighted by atomic mass is 16.5. The van der Waals surface area contributed by atoms with Crippen molar-refractivity contribution in [2.45, 2.75) is 39.2 Å². The van der Waals surface area contributed by atoms with Crippen LogP contribution in [0.15, 0.2) is 0 Å². The Morgan fingerprint density at radius 1 is 1.33 bits per heavy atom. The second-order valence-corrected chi connectivity index (χ2v) is 5.12. The van der Waals surface area contributed by atoms with Crippen LogP contribution in [0.25, 0.3) is 0 Å². The lowest BCUT2D eigenvalue weighted by molar-refractivity contribution is 0.222. The number of ether oxygens (including phenoxy) is 1. The lowest BCUT2D eigenvalue weighted by Crippen LogP contribution is -2.31. The summed E-state index contributed by atoms with van der Waals surface area (Å²) in [5.74, 6) is 1.55. The highest BCUT2D eigenvalue weighted by Crippen LogP contribution is 2.27. The van der Waals surface area contributed by atoms with Gasteiger partial charge in [-0.25, -0.2) is 0 Å². The molecule has 1 aliphatic rings. The van der Waals surface area contributed by atoms with Crippen LogP contribution in [0.2, 0.25) is 0 Å². The zero-order valence-electron chi connectivity index (χ0n) is 11.3. The molecule has 6 nitrogen and oxygen atoms in total. The minimum absolute atomic E-state index is 0.0246. The van der Waals surface area contributed by atoms with Crippen LogP contribution >= 0.6 is 0 Å². The quantitative estimate of drug-likeness (QED) is 0.854. The molecule has 2 rings (SSSR count). The molecule has 0 spiro atoms. The van der Waals surface area contributed by atoms with Gasteiger partial charge in [-0.3, -0.25) is 0 Å². The molecule has 0 unspecified atom stereocenters. The average Bonchev–Trinajstić information content (AvgIpc) is 2.21. The van der Waals surface area contributed by atoms with E-state index in [1.807, 2.05) is 25.8 Å². The molecular formula is C12H21N5O. The number of aromatic nitrogens is 3. The Labute approximate surface area is 108 Å². The third-order valence-electron chi connectivity index (χ3n) is 3.06. The summed E-state index contributed by atoms with van der Waals surface area (Å²) in [6.07, 6.45) is 3.94. The SMILES string of the molecule is CC(C)Oc1nc(N)nc(N(C)CC2CCC2)n1.